The van der Waals surface area contributed by atoms with Gasteiger partial charge in [-0.25, -0.2) is 19.7 Å². The molecule has 4 atom stereocenters. The molecule has 6 rings (SSSR count). The van der Waals surface area contributed by atoms with Gasteiger partial charge in [0, 0.05) is 25.6 Å². The maximum absolute atomic E-state index is 12.5. The molecule has 1 saturated carbocycles. The molecule has 2 saturated heterocycles. The van der Waals surface area contributed by atoms with Crippen molar-refractivity contribution in [1.82, 2.24) is 29.7 Å². The number of ether oxygens (including phenoxy) is 2. The third-order valence-electron chi connectivity index (χ3n) is 7.81. The van der Waals surface area contributed by atoms with Crippen LogP contribution in [0.4, 0.5) is 10.6 Å². The van der Waals surface area contributed by atoms with Crippen LogP contribution in [0, 0.1) is 17.8 Å². The Bertz CT molecular complexity index is 1510. The van der Waals surface area contributed by atoms with E-state index in [1.165, 1.54) is 10.9 Å². The van der Waals surface area contributed by atoms with Crippen molar-refractivity contribution in [2.75, 3.05) is 18.8 Å². The Balaban J connectivity index is 1.06. The second kappa shape index (κ2) is 11.9. The standard InChI is InChI=1S/C29H33N7O6/c30-25-21-26(36(16-31-21)28-23(38)22(37)24(42-28)27(39)32-19-9-10-19)34-20(33-25)8-4-7-17-11-13-35(14-12-17)29(40)41-15-18-5-2-1-3-6-18/h1-3,5-6,16-17,19,22-24,28,37-38H,7,9-15H2,(H,32,39)(H2,30,33,34)/t22-,23+,24-,28+/m0/s1. The number of rotatable bonds is 6. The maximum atomic E-state index is 12.5. The summed E-state index contributed by atoms with van der Waals surface area (Å²) in [5.74, 6) is 6.23. The van der Waals surface area contributed by atoms with Gasteiger partial charge < -0.3 is 35.6 Å². The molecule has 2 amide bonds. The number of hydrogen-bond acceptors (Lipinski definition) is 10. The highest BCUT2D eigenvalue weighted by Crippen LogP contribution is 2.33. The van der Waals surface area contributed by atoms with E-state index in [1.54, 1.807) is 4.90 Å². The smallest absolute Gasteiger partial charge is 0.410 e. The first kappa shape index (κ1) is 27.9. The number of carbonyl (C=O) groups excluding carboxylic acids is 2. The summed E-state index contributed by atoms with van der Waals surface area (Å²) in [6.07, 6.45) is -0.0710. The van der Waals surface area contributed by atoms with E-state index >= 15 is 0 Å². The SMILES string of the molecule is Nc1nc(C#CCC2CCN(C(=O)OCc3ccccc3)CC2)nc2c1ncn2[C@@H]1O[C@H](C(=O)NC2CC2)[C@@H](O)[C@H]1O. The highest BCUT2D eigenvalue weighted by molar-refractivity contribution is 5.83. The fourth-order valence-corrected chi connectivity index (χ4v) is 5.20. The average Bonchev–Trinajstić information content (AvgIpc) is 3.63. The summed E-state index contributed by atoms with van der Waals surface area (Å²) in [5.41, 5.74) is 7.64. The fourth-order valence-electron chi connectivity index (χ4n) is 5.20. The number of fused-ring (bicyclic) bond motifs is 1. The predicted octanol–water partition coefficient (Wildman–Crippen LogP) is 1.10. The molecule has 0 spiro atoms. The summed E-state index contributed by atoms with van der Waals surface area (Å²) >= 11 is 0. The summed E-state index contributed by atoms with van der Waals surface area (Å²) in [4.78, 5) is 39.6. The molecular weight excluding hydrogens is 542 g/mol. The number of aliphatic hydroxyl groups is 2. The van der Waals surface area contributed by atoms with Crippen LogP contribution in [0.25, 0.3) is 11.2 Å². The highest BCUT2D eigenvalue weighted by atomic mass is 16.6. The summed E-state index contributed by atoms with van der Waals surface area (Å²) in [5, 5.41) is 24.0. The largest absolute Gasteiger partial charge is 0.445 e. The Hall–Kier alpha value is -4.25. The van der Waals surface area contributed by atoms with Gasteiger partial charge in [-0.1, -0.05) is 36.3 Å². The van der Waals surface area contributed by atoms with E-state index < -0.39 is 30.4 Å². The van der Waals surface area contributed by atoms with E-state index in [1.807, 2.05) is 30.3 Å². The van der Waals surface area contributed by atoms with Gasteiger partial charge in [-0.2, -0.15) is 0 Å². The molecule has 4 heterocycles. The molecule has 1 aliphatic carbocycles. The number of amides is 2. The predicted molar refractivity (Wildman–Crippen MR) is 149 cm³/mol. The minimum atomic E-state index is -1.42. The minimum absolute atomic E-state index is 0.0845. The Morgan fingerprint density at radius 3 is 2.60 bits per heavy atom. The van der Waals surface area contributed by atoms with Crippen molar-refractivity contribution in [3.63, 3.8) is 0 Å². The number of nitrogens with one attached hydrogen (secondary N) is 1. The molecule has 3 aliphatic rings. The first-order chi connectivity index (χ1) is 20.4. The Labute approximate surface area is 242 Å². The maximum Gasteiger partial charge on any atom is 0.410 e. The second-order valence-corrected chi connectivity index (χ2v) is 10.9. The van der Waals surface area contributed by atoms with Crippen molar-refractivity contribution < 1.29 is 29.3 Å². The number of aromatic nitrogens is 4. The van der Waals surface area contributed by atoms with Crippen molar-refractivity contribution in [1.29, 1.82) is 0 Å². The van der Waals surface area contributed by atoms with Crippen LogP contribution in [-0.4, -0.2) is 84.1 Å². The van der Waals surface area contributed by atoms with E-state index in [0.717, 1.165) is 31.2 Å². The van der Waals surface area contributed by atoms with Crippen LogP contribution < -0.4 is 11.1 Å². The number of nitrogens with two attached hydrogens (primary N) is 1. The van der Waals surface area contributed by atoms with Crippen molar-refractivity contribution in [2.45, 2.75) is 69.3 Å². The van der Waals surface area contributed by atoms with E-state index in [0.29, 0.717) is 30.9 Å². The van der Waals surface area contributed by atoms with Gasteiger partial charge in [0.25, 0.3) is 5.91 Å². The molecule has 3 aromatic rings. The molecule has 42 heavy (non-hydrogen) atoms. The normalized spacial score (nSPS) is 24.3. The van der Waals surface area contributed by atoms with Gasteiger partial charge in [-0.15, -0.1) is 0 Å². The molecule has 1 aromatic carbocycles. The van der Waals surface area contributed by atoms with Crippen LogP contribution in [0.2, 0.25) is 0 Å². The van der Waals surface area contributed by atoms with E-state index in [2.05, 4.69) is 32.1 Å². The summed E-state index contributed by atoms with van der Waals surface area (Å²) < 4.78 is 12.6. The van der Waals surface area contributed by atoms with Crippen molar-refractivity contribution in [3.05, 3.63) is 48.0 Å². The number of benzene rings is 1. The molecule has 2 aromatic heterocycles. The number of piperidine rings is 1. The lowest BCUT2D eigenvalue weighted by Crippen LogP contribution is -2.43. The van der Waals surface area contributed by atoms with Crippen LogP contribution >= 0.6 is 0 Å². The third kappa shape index (κ3) is 6.01. The molecule has 13 nitrogen and oxygen atoms in total. The first-order valence-electron chi connectivity index (χ1n) is 14.1. The molecule has 220 valence electrons. The molecule has 5 N–H and O–H groups in total. The van der Waals surface area contributed by atoms with E-state index in [4.69, 9.17) is 15.2 Å². The van der Waals surface area contributed by atoms with Crippen LogP contribution in [0.3, 0.4) is 0 Å². The van der Waals surface area contributed by atoms with Gasteiger partial charge in [-0.3, -0.25) is 9.36 Å². The van der Waals surface area contributed by atoms with Crippen molar-refractivity contribution in [2.24, 2.45) is 5.92 Å². The van der Waals surface area contributed by atoms with E-state index in [-0.39, 0.29) is 36.0 Å². The number of carbonyl (C=O) groups is 2. The summed E-state index contributed by atoms with van der Waals surface area (Å²) in [6, 6.07) is 9.67. The Kier molecular flexibility index (Phi) is 7.92. The Morgan fingerprint density at radius 2 is 1.86 bits per heavy atom. The van der Waals surface area contributed by atoms with Crippen molar-refractivity contribution in [3.8, 4) is 11.8 Å². The Morgan fingerprint density at radius 1 is 1.10 bits per heavy atom. The van der Waals surface area contributed by atoms with Gasteiger partial charge in [0.15, 0.2) is 23.8 Å². The van der Waals surface area contributed by atoms with Gasteiger partial charge in [0.1, 0.15) is 24.3 Å². The molecule has 3 fully saturated rings. The molecule has 2 aliphatic heterocycles. The molecule has 0 bridgehead atoms. The number of likely N-dealkylation sites (tertiary alicyclic amines) is 1. The highest BCUT2D eigenvalue weighted by Gasteiger charge is 2.48. The second-order valence-electron chi connectivity index (χ2n) is 10.9. The average molecular weight is 576 g/mol. The number of nitrogen functional groups attached to an aromatic ring is 1. The summed E-state index contributed by atoms with van der Waals surface area (Å²) in [7, 11) is 0. The van der Waals surface area contributed by atoms with Gasteiger partial charge in [-0.05, 0) is 43.1 Å². The lowest BCUT2D eigenvalue weighted by molar-refractivity contribution is -0.137. The van der Waals surface area contributed by atoms with Crippen molar-refractivity contribution >= 4 is 29.0 Å². The van der Waals surface area contributed by atoms with Gasteiger partial charge >= 0.3 is 6.09 Å². The number of hydrogen-bond donors (Lipinski definition) is 4. The van der Waals surface area contributed by atoms with Gasteiger partial charge in [0.05, 0.1) is 6.33 Å². The number of anilines is 1. The molecule has 0 radical (unpaired) electrons. The lowest BCUT2D eigenvalue weighted by Gasteiger charge is -2.30. The van der Waals surface area contributed by atoms with Crippen LogP contribution in [0.5, 0.6) is 0 Å². The quantitative estimate of drug-likeness (QED) is 0.311. The third-order valence-corrected chi connectivity index (χ3v) is 7.81. The lowest BCUT2D eigenvalue weighted by atomic mass is 9.94. The number of imidazole rings is 1. The van der Waals surface area contributed by atoms with Crippen LogP contribution in [0.15, 0.2) is 36.7 Å². The summed E-state index contributed by atoms with van der Waals surface area (Å²) in [6.45, 7) is 1.45. The minimum Gasteiger partial charge on any atom is -0.445 e. The fraction of sp³-hybridized carbons (Fsp3) is 0.483. The molecular formula is C29H33N7O6. The molecule has 0 unspecified atom stereocenters. The number of nitrogens with zero attached hydrogens (tertiary/aromatic N) is 5. The van der Waals surface area contributed by atoms with Gasteiger partial charge in [0.2, 0.25) is 5.82 Å². The van der Waals surface area contributed by atoms with E-state index in [9.17, 15) is 19.8 Å². The zero-order valence-electron chi connectivity index (χ0n) is 22.9. The molecule has 13 heteroatoms. The van der Waals surface area contributed by atoms with Crippen LogP contribution in [-0.2, 0) is 20.9 Å². The topological polar surface area (TPSA) is 178 Å². The van der Waals surface area contributed by atoms with Crippen LogP contribution in [0.1, 0.15) is 49.7 Å². The number of aliphatic hydroxyl groups excluding tert-OH is 2. The first-order valence-corrected chi connectivity index (χ1v) is 14.1. The zero-order chi connectivity index (χ0) is 29.2. The monoisotopic (exact) mass is 575 g/mol. The zero-order valence-corrected chi connectivity index (χ0v) is 22.9.